The highest BCUT2D eigenvalue weighted by molar-refractivity contribution is 6.06. The maximum absolute atomic E-state index is 13.2. The minimum atomic E-state index is -0.568. The van der Waals surface area contributed by atoms with Gasteiger partial charge >= 0.3 is 0 Å². The Bertz CT molecular complexity index is 614. The van der Waals surface area contributed by atoms with Crippen molar-refractivity contribution in [2.45, 2.75) is 0 Å². The molecule has 0 saturated heterocycles. The van der Waals surface area contributed by atoms with Gasteiger partial charge in [-0.15, -0.1) is 0 Å². The summed E-state index contributed by atoms with van der Waals surface area (Å²) >= 11 is 0. The minimum absolute atomic E-state index is 0.0479. The van der Waals surface area contributed by atoms with Crippen LogP contribution in [0.25, 0.3) is 0 Å². The van der Waals surface area contributed by atoms with E-state index in [1.807, 2.05) is 0 Å². The van der Waals surface area contributed by atoms with E-state index in [1.54, 1.807) is 0 Å². The number of methoxy groups -OCH3 is 1. The van der Waals surface area contributed by atoms with Gasteiger partial charge in [0.15, 0.2) is 0 Å². The molecular weight excluding hydrogens is 252 g/mol. The van der Waals surface area contributed by atoms with Gasteiger partial charge in [-0.3, -0.25) is 4.79 Å². The smallest absolute Gasteiger partial charge is 0.259 e. The van der Waals surface area contributed by atoms with Crippen molar-refractivity contribution in [3.05, 3.63) is 59.7 Å². The molecule has 0 radical (unpaired) electrons. The van der Waals surface area contributed by atoms with E-state index in [-0.39, 0.29) is 17.0 Å². The lowest BCUT2D eigenvalue weighted by molar-refractivity contribution is 0.102. The van der Waals surface area contributed by atoms with Gasteiger partial charge in [-0.25, -0.2) is 8.78 Å². The number of carbonyl (C=O) groups excluding carboxylic acids is 1. The Morgan fingerprint density at radius 3 is 2.53 bits per heavy atom. The maximum Gasteiger partial charge on any atom is 0.259 e. The van der Waals surface area contributed by atoms with Crippen molar-refractivity contribution >= 4 is 11.6 Å². The number of halogens is 2. The van der Waals surface area contributed by atoms with E-state index < -0.39 is 17.5 Å². The van der Waals surface area contributed by atoms with Gasteiger partial charge in [0.2, 0.25) is 0 Å². The van der Waals surface area contributed by atoms with Gasteiger partial charge < -0.3 is 10.1 Å². The van der Waals surface area contributed by atoms with Crippen LogP contribution in [0.2, 0.25) is 0 Å². The molecule has 0 atom stereocenters. The molecule has 3 nitrogen and oxygen atoms in total. The van der Waals surface area contributed by atoms with E-state index in [0.29, 0.717) is 0 Å². The van der Waals surface area contributed by atoms with Gasteiger partial charge in [-0.1, -0.05) is 6.07 Å². The van der Waals surface area contributed by atoms with E-state index in [4.69, 9.17) is 4.74 Å². The van der Waals surface area contributed by atoms with Gasteiger partial charge in [0.05, 0.1) is 12.7 Å². The van der Waals surface area contributed by atoms with E-state index in [9.17, 15) is 13.6 Å². The number of rotatable bonds is 3. The van der Waals surface area contributed by atoms with Crippen molar-refractivity contribution in [3.63, 3.8) is 0 Å². The van der Waals surface area contributed by atoms with Gasteiger partial charge in [-0.05, 0) is 36.4 Å². The molecule has 98 valence electrons. The zero-order valence-corrected chi connectivity index (χ0v) is 10.1. The second-order valence-corrected chi connectivity index (χ2v) is 3.81. The zero-order valence-electron chi connectivity index (χ0n) is 10.1. The number of carbonyl (C=O) groups is 1. The number of nitrogens with one attached hydrogen (secondary N) is 1. The first-order valence-corrected chi connectivity index (χ1v) is 5.50. The van der Waals surface area contributed by atoms with Crippen molar-refractivity contribution in [2.75, 3.05) is 12.4 Å². The van der Waals surface area contributed by atoms with Gasteiger partial charge in [-0.2, -0.15) is 0 Å². The Labute approximate surface area is 108 Å². The summed E-state index contributed by atoms with van der Waals surface area (Å²) in [6.45, 7) is 0. The van der Waals surface area contributed by atoms with E-state index >= 15 is 0 Å². The summed E-state index contributed by atoms with van der Waals surface area (Å²) in [5.41, 5.74) is 0.336. The molecule has 0 aliphatic rings. The second kappa shape index (κ2) is 5.48. The molecule has 0 bridgehead atoms. The minimum Gasteiger partial charge on any atom is -0.496 e. The maximum atomic E-state index is 13.2. The summed E-state index contributed by atoms with van der Waals surface area (Å²) in [6.07, 6.45) is 0. The van der Waals surface area contributed by atoms with Gasteiger partial charge in [0, 0.05) is 5.69 Å². The summed E-state index contributed by atoms with van der Waals surface area (Å²) in [5.74, 6) is -1.34. The van der Waals surface area contributed by atoms with E-state index in [2.05, 4.69) is 5.32 Å². The second-order valence-electron chi connectivity index (χ2n) is 3.81. The number of benzene rings is 2. The van der Waals surface area contributed by atoms with Gasteiger partial charge in [0.25, 0.3) is 5.91 Å². The molecule has 5 heteroatoms. The van der Waals surface area contributed by atoms with Crippen LogP contribution in [0.4, 0.5) is 14.5 Å². The SMILES string of the molecule is COc1ccc(F)cc1C(=O)Nc1cccc(F)c1. The summed E-state index contributed by atoms with van der Waals surface area (Å²) in [6, 6.07) is 9.05. The van der Waals surface area contributed by atoms with Gasteiger partial charge in [0.1, 0.15) is 17.4 Å². The predicted molar refractivity (Wildman–Crippen MR) is 67.3 cm³/mol. The first-order valence-electron chi connectivity index (χ1n) is 5.50. The Kier molecular flexibility index (Phi) is 3.75. The number of hydrogen-bond acceptors (Lipinski definition) is 2. The molecule has 0 heterocycles. The molecular formula is C14H11F2NO2. The summed E-state index contributed by atoms with van der Waals surface area (Å²) in [5, 5.41) is 2.48. The fraction of sp³-hybridized carbons (Fsp3) is 0.0714. The highest BCUT2D eigenvalue weighted by Crippen LogP contribution is 2.21. The fourth-order valence-electron chi connectivity index (χ4n) is 1.62. The third-order valence-electron chi connectivity index (χ3n) is 2.49. The highest BCUT2D eigenvalue weighted by Gasteiger charge is 2.13. The summed E-state index contributed by atoms with van der Waals surface area (Å²) in [7, 11) is 1.38. The van der Waals surface area contributed by atoms with Crippen LogP contribution in [0.3, 0.4) is 0 Å². The zero-order chi connectivity index (χ0) is 13.8. The molecule has 0 aromatic heterocycles. The van der Waals surface area contributed by atoms with E-state index in [1.165, 1.54) is 43.5 Å². The standard InChI is InChI=1S/C14H11F2NO2/c1-19-13-6-5-10(16)8-12(13)14(18)17-11-4-2-3-9(15)7-11/h2-8H,1H3,(H,17,18). The molecule has 1 amide bonds. The normalized spacial score (nSPS) is 10.1. The van der Waals surface area contributed by atoms with Crippen molar-refractivity contribution in [1.29, 1.82) is 0 Å². The molecule has 0 spiro atoms. The quantitative estimate of drug-likeness (QED) is 0.923. The molecule has 2 aromatic rings. The third-order valence-corrected chi connectivity index (χ3v) is 2.49. The molecule has 0 aliphatic heterocycles. The van der Waals surface area contributed by atoms with Crippen LogP contribution < -0.4 is 10.1 Å². The largest absolute Gasteiger partial charge is 0.496 e. The van der Waals surface area contributed by atoms with Crippen molar-refractivity contribution in [2.24, 2.45) is 0 Å². The Hall–Kier alpha value is -2.43. The predicted octanol–water partition coefficient (Wildman–Crippen LogP) is 3.23. The molecule has 0 unspecified atom stereocenters. The highest BCUT2D eigenvalue weighted by atomic mass is 19.1. The third kappa shape index (κ3) is 3.07. The average Bonchev–Trinajstić information content (AvgIpc) is 2.38. The number of amides is 1. The lowest BCUT2D eigenvalue weighted by atomic mass is 10.1. The fourth-order valence-corrected chi connectivity index (χ4v) is 1.62. The number of anilines is 1. The molecule has 2 rings (SSSR count). The first-order chi connectivity index (χ1) is 9.10. The van der Waals surface area contributed by atoms with Crippen LogP contribution in [0.15, 0.2) is 42.5 Å². The Morgan fingerprint density at radius 2 is 1.84 bits per heavy atom. The number of hydrogen-bond donors (Lipinski definition) is 1. The molecule has 0 aliphatic carbocycles. The van der Waals surface area contributed by atoms with Crippen LogP contribution in [-0.4, -0.2) is 13.0 Å². The van der Waals surface area contributed by atoms with Crippen LogP contribution in [0.5, 0.6) is 5.75 Å². The van der Waals surface area contributed by atoms with Crippen molar-refractivity contribution in [3.8, 4) is 5.75 Å². The lowest BCUT2D eigenvalue weighted by Gasteiger charge is -2.09. The van der Waals surface area contributed by atoms with Crippen LogP contribution in [0, 0.1) is 11.6 Å². The van der Waals surface area contributed by atoms with E-state index in [0.717, 1.165) is 6.07 Å². The van der Waals surface area contributed by atoms with Crippen LogP contribution in [0.1, 0.15) is 10.4 Å². The summed E-state index contributed by atoms with van der Waals surface area (Å²) in [4.78, 5) is 12.0. The van der Waals surface area contributed by atoms with Crippen molar-refractivity contribution < 1.29 is 18.3 Å². The monoisotopic (exact) mass is 263 g/mol. The molecule has 0 fully saturated rings. The topological polar surface area (TPSA) is 38.3 Å². The van der Waals surface area contributed by atoms with Crippen molar-refractivity contribution in [1.82, 2.24) is 0 Å². The Balaban J connectivity index is 2.27. The van der Waals surface area contributed by atoms with Crippen LogP contribution >= 0.6 is 0 Å². The molecule has 0 saturated carbocycles. The first kappa shape index (κ1) is 13.0. The Morgan fingerprint density at radius 1 is 1.11 bits per heavy atom. The average molecular weight is 263 g/mol. The van der Waals surface area contributed by atoms with Crippen LogP contribution in [-0.2, 0) is 0 Å². The molecule has 19 heavy (non-hydrogen) atoms. The lowest BCUT2D eigenvalue weighted by Crippen LogP contribution is -2.13. The summed E-state index contributed by atoms with van der Waals surface area (Å²) < 4.78 is 31.1. The molecule has 1 N–H and O–H groups in total. The molecule has 2 aromatic carbocycles. The number of ether oxygens (including phenoxy) is 1.